The number of hydrogen-bond donors (Lipinski definition) is 1. The highest BCUT2D eigenvalue weighted by Crippen LogP contribution is 2.19. The molecule has 1 heterocycles. The predicted octanol–water partition coefficient (Wildman–Crippen LogP) is 1.40. The maximum absolute atomic E-state index is 11.5. The molecular formula is C10H5NO6. The van der Waals surface area contributed by atoms with Crippen LogP contribution in [0.1, 0.15) is 10.6 Å². The van der Waals surface area contributed by atoms with E-state index in [1.807, 2.05) is 0 Å². The molecule has 2 aromatic rings. The van der Waals surface area contributed by atoms with Crippen LogP contribution in [0.4, 0.5) is 5.69 Å². The van der Waals surface area contributed by atoms with Gasteiger partial charge in [0.1, 0.15) is 5.58 Å². The van der Waals surface area contributed by atoms with Gasteiger partial charge in [0, 0.05) is 12.1 Å². The van der Waals surface area contributed by atoms with Crippen molar-refractivity contribution in [1.29, 1.82) is 0 Å². The van der Waals surface area contributed by atoms with Gasteiger partial charge in [0.05, 0.1) is 16.4 Å². The van der Waals surface area contributed by atoms with Gasteiger partial charge in [-0.3, -0.25) is 14.9 Å². The van der Waals surface area contributed by atoms with Gasteiger partial charge >= 0.3 is 5.97 Å². The molecule has 17 heavy (non-hydrogen) atoms. The molecule has 0 fully saturated rings. The topological polar surface area (TPSA) is 111 Å². The number of nitro groups is 1. The second-order valence-electron chi connectivity index (χ2n) is 3.22. The smallest absolute Gasteiger partial charge is 0.371 e. The average Bonchev–Trinajstić information content (AvgIpc) is 2.27. The summed E-state index contributed by atoms with van der Waals surface area (Å²) in [5.74, 6) is -1.96. The van der Waals surface area contributed by atoms with E-state index in [1.54, 1.807) is 0 Å². The third kappa shape index (κ3) is 1.85. The molecule has 0 bridgehead atoms. The lowest BCUT2D eigenvalue weighted by atomic mass is 10.2. The number of benzene rings is 1. The number of aromatic carboxylic acids is 1. The Hall–Kier alpha value is -2.70. The molecule has 0 atom stereocenters. The van der Waals surface area contributed by atoms with Gasteiger partial charge in [-0.2, -0.15) is 0 Å². The van der Waals surface area contributed by atoms with Crippen LogP contribution in [0, 0.1) is 10.1 Å². The number of nitrogens with zero attached hydrogens (tertiary/aromatic N) is 1. The number of rotatable bonds is 2. The van der Waals surface area contributed by atoms with Crippen LogP contribution in [0.25, 0.3) is 11.0 Å². The number of carboxylic acids is 1. The molecule has 2 rings (SSSR count). The molecule has 1 N–H and O–H groups in total. The fraction of sp³-hybridized carbons (Fsp3) is 0. The predicted molar refractivity (Wildman–Crippen MR) is 56.1 cm³/mol. The van der Waals surface area contributed by atoms with Gasteiger partial charge in [-0.05, 0) is 6.07 Å². The number of fused-ring (bicyclic) bond motifs is 1. The van der Waals surface area contributed by atoms with Crippen LogP contribution < -0.4 is 5.43 Å². The monoisotopic (exact) mass is 235 g/mol. The zero-order valence-electron chi connectivity index (χ0n) is 8.25. The quantitative estimate of drug-likeness (QED) is 0.622. The van der Waals surface area contributed by atoms with Crippen molar-refractivity contribution in [2.45, 2.75) is 0 Å². The van der Waals surface area contributed by atoms with E-state index in [-0.39, 0.29) is 16.7 Å². The van der Waals surface area contributed by atoms with Crippen LogP contribution in [0.5, 0.6) is 0 Å². The van der Waals surface area contributed by atoms with Crippen LogP contribution in [-0.4, -0.2) is 16.0 Å². The minimum absolute atomic E-state index is 0.0978. The normalized spacial score (nSPS) is 10.4. The molecule has 0 saturated carbocycles. The summed E-state index contributed by atoms with van der Waals surface area (Å²) in [6.45, 7) is 0. The maximum atomic E-state index is 11.5. The Morgan fingerprint density at radius 3 is 2.65 bits per heavy atom. The maximum Gasteiger partial charge on any atom is 0.371 e. The minimum atomic E-state index is -1.41. The fourth-order valence-corrected chi connectivity index (χ4v) is 1.36. The number of hydrogen-bond acceptors (Lipinski definition) is 5. The van der Waals surface area contributed by atoms with Crippen LogP contribution in [0.3, 0.4) is 0 Å². The van der Waals surface area contributed by atoms with Gasteiger partial charge in [0.2, 0.25) is 5.76 Å². The van der Waals surface area contributed by atoms with Crippen molar-refractivity contribution in [2.24, 2.45) is 0 Å². The summed E-state index contributed by atoms with van der Waals surface area (Å²) < 4.78 is 4.89. The van der Waals surface area contributed by atoms with E-state index in [0.717, 1.165) is 18.2 Å². The summed E-state index contributed by atoms with van der Waals surface area (Å²) in [5, 5.41) is 19.3. The minimum Gasteiger partial charge on any atom is -0.475 e. The van der Waals surface area contributed by atoms with Gasteiger partial charge in [-0.1, -0.05) is 0 Å². The molecule has 7 heteroatoms. The number of nitro benzene ring substituents is 1. The summed E-state index contributed by atoms with van der Waals surface area (Å²) >= 11 is 0. The molecule has 0 aliphatic heterocycles. The van der Waals surface area contributed by atoms with Crippen molar-refractivity contribution in [3.63, 3.8) is 0 Å². The highest BCUT2D eigenvalue weighted by Gasteiger charge is 2.13. The molecule has 1 aromatic heterocycles. The molecular weight excluding hydrogens is 230 g/mol. The van der Waals surface area contributed by atoms with Crippen molar-refractivity contribution < 1.29 is 19.2 Å². The Morgan fingerprint density at radius 2 is 2.06 bits per heavy atom. The molecule has 0 aliphatic carbocycles. The molecule has 0 amide bonds. The lowest BCUT2D eigenvalue weighted by Gasteiger charge is -1.98. The number of carboxylic acid groups (broad SMARTS) is 1. The van der Waals surface area contributed by atoms with Crippen LogP contribution >= 0.6 is 0 Å². The van der Waals surface area contributed by atoms with E-state index in [4.69, 9.17) is 9.52 Å². The van der Waals surface area contributed by atoms with Crippen molar-refractivity contribution >= 4 is 22.6 Å². The van der Waals surface area contributed by atoms with E-state index in [9.17, 15) is 19.7 Å². The zero-order valence-corrected chi connectivity index (χ0v) is 8.25. The van der Waals surface area contributed by atoms with Crippen molar-refractivity contribution in [3.05, 3.63) is 50.4 Å². The summed E-state index contributed by atoms with van der Waals surface area (Å²) in [5.41, 5.74) is -0.953. The first-order valence-corrected chi connectivity index (χ1v) is 4.44. The van der Waals surface area contributed by atoms with E-state index in [2.05, 4.69) is 0 Å². The van der Waals surface area contributed by atoms with Crippen molar-refractivity contribution in [2.75, 3.05) is 0 Å². The second kappa shape index (κ2) is 3.71. The molecule has 0 radical (unpaired) electrons. The first-order valence-electron chi connectivity index (χ1n) is 4.44. The van der Waals surface area contributed by atoms with Gasteiger partial charge in [-0.25, -0.2) is 4.79 Å². The van der Waals surface area contributed by atoms with Gasteiger partial charge in [-0.15, -0.1) is 0 Å². The number of non-ortho nitro benzene ring substituents is 1. The second-order valence-corrected chi connectivity index (χ2v) is 3.22. The van der Waals surface area contributed by atoms with E-state index in [0.29, 0.717) is 0 Å². The SMILES string of the molecule is O=C(O)c1cc(=O)c2ccc([N+](=O)[O-])cc2o1. The Balaban J connectivity index is 2.79. The lowest BCUT2D eigenvalue weighted by Crippen LogP contribution is -2.06. The van der Waals surface area contributed by atoms with Crippen LogP contribution in [0.15, 0.2) is 33.5 Å². The van der Waals surface area contributed by atoms with E-state index >= 15 is 0 Å². The van der Waals surface area contributed by atoms with E-state index < -0.39 is 22.1 Å². The first-order chi connectivity index (χ1) is 7.99. The lowest BCUT2D eigenvalue weighted by molar-refractivity contribution is -0.384. The largest absolute Gasteiger partial charge is 0.475 e. The molecule has 0 unspecified atom stereocenters. The molecule has 7 nitrogen and oxygen atoms in total. The third-order valence-electron chi connectivity index (χ3n) is 2.13. The van der Waals surface area contributed by atoms with Crippen LogP contribution in [0.2, 0.25) is 0 Å². The van der Waals surface area contributed by atoms with Crippen molar-refractivity contribution in [1.82, 2.24) is 0 Å². The first kappa shape index (κ1) is 10.8. The Morgan fingerprint density at radius 1 is 1.35 bits per heavy atom. The third-order valence-corrected chi connectivity index (χ3v) is 2.13. The molecule has 0 spiro atoms. The highest BCUT2D eigenvalue weighted by atomic mass is 16.6. The van der Waals surface area contributed by atoms with Crippen LogP contribution in [-0.2, 0) is 0 Å². The average molecular weight is 235 g/mol. The zero-order chi connectivity index (χ0) is 12.6. The van der Waals surface area contributed by atoms with Gasteiger partial charge in [0.25, 0.3) is 5.69 Å². The summed E-state index contributed by atoms with van der Waals surface area (Å²) in [4.78, 5) is 32.0. The molecule has 0 saturated heterocycles. The summed E-state index contributed by atoms with van der Waals surface area (Å²) in [6.07, 6.45) is 0. The van der Waals surface area contributed by atoms with Crippen molar-refractivity contribution in [3.8, 4) is 0 Å². The molecule has 86 valence electrons. The standard InChI is InChI=1S/C10H5NO6/c12-7-4-9(10(13)14)17-8-3-5(11(15)16)1-2-6(7)8/h1-4H,(H,13,14). The van der Waals surface area contributed by atoms with E-state index in [1.165, 1.54) is 6.07 Å². The van der Waals surface area contributed by atoms with Gasteiger partial charge in [0.15, 0.2) is 5.43 Å². The molecule has 0 aliphatic rings. The Labute approximate surface area is 93.1 Å². The highest BCUT2D eigenvalue weighted by molar-refractivity contribution is 5.87. The Kier molecular flexibility index (Phi) is 2.36. The van der Waals surface area contributed by atoms with Gasteiger partial charge < -0.3 is 9.52 Å². The fourth-order valence-electron chi connectivity index (χ4n) is 1.36. The summed E-state index contributed by atoms with van der Waals surface area (Å²) in [6, 6.07) is 4.23. The number of carbonyl (C=O) groups is 1. The summed E-state index contributed by atoms with van der Waals surface area (Å²) in [7, 11) is 0. The Bertz CT molecular complexity index is 681. The molecule has 1 aromatic carbocycles.